The molecule has 0 amide bonds. The number of para-hydroxylation sites is 1. The molecule has 0 atom stereocenters. The van der Waals surface area contributed by atoms with Crippen LogP contribution in [0.5, 0.6) is 5.75 Å². The van der Waals surface area contributed by atoms with Crippen molar-refractivity contribution >= 4 is 16.9 Å². The number of fused-ring (bicyclic) bond motifs is 1. The van der Waals surface area contributed by atoms with Crippen LogP contribution in [0.3, 0.4) is 0 Å². The third-order valence-corrected chi connectivity index (χ3v) is 5.30. The molecule has 0 fully saturated rings. The van der Waals surface area contributed by atoms with Crippen molar-refractivity contribution in [1.29, 1.82) is 0 Å². The number of furan rings is 1. The highest BCUT2D eigenvalue weighted by atomic mass is 19.1. The molecule has 0 bridgehead atoms. The molecule has 170 valence electrons. The lowest BCUT2D eigenvalue weighted by Crippen LogP contribution is -2.09. The lowest BCUT2D eigenvalue weighted by Gasteiger charge is -2.13. The molecule has 33 heavy (non-hydrogen) atoms. The molecular weight excluding hydrogens is 428 g/mol. The Balaban J connectivity index is 1.66. The van der Waals surface area contributed by atoms with Gasteiger partial charge in [0, 0.05) is 34.2 Å². The van der Waals surface area contributed by atoms with Crippen molar-refractivity contribution in [2.24, 2.45) is 5.73 Å². The number of carbonyl (C=O) groups excluding carboxylic acids is 1. The van der Waals surface area contributed by atoms with E-state index in [1.807, 2.05) is 18.2 Å². The van der Waals surface area contributed by atoms with E-state index in [-0.39, 0.29) is 36.7 Å². The molecule has 0 spiro atoms. The first kappa shape index (κ1) is 22.5. The molecule has 4 rings (SSSR count). The van der Waals surface area contributed by atoms with Crippen LogP contribution >= 0.6 is 0 Å². The van der Waals surface area contributed by atoms with Gasteiger partial charge < -0.3 is 19.6 Å². The van der Waals surface area contributed by atoms with Crippen LogP contribution in [-0.2, 0) is 29.1 Å². The largest absolute Gasteiger partial charge is 0.489 e. The van der Waals surface area contributed by atoms with E-state index in [9.17, 15) is 9.18 Å². The molecule has 0 saturated heterocycles. The van der Waals surface area contributed by atoms with Gasteiger partial charge in [0.25, 0.3) is 0 Å². The lowest BCUT2D eigenvalue weighted by atomic mass is 9.98. The Morgan fingerprint density at radius 3 is 2.67 bits per heavy atom. The molecule has 7 heteroatoms. The summed E-state index contributed by atoms with van der Waals surface area (Å²) in [5.41, 5.74) is 7.98. The number of halogens is 2. The van der Waals surface area contributed by atoms with Crippen molar-refractivity contribution in [2.45, 2.75) is 26.5 Å². The van der Waals surface area contributed by atoms with Crippen LogP contribution in [-0.4, -0.2) is 12.6 Å². The van der Waals surface area contributed by atoms with Crippen molar-refractivity contribution in [1.82, 2.24) is 0 Å². The summed E-state index contributed by atoms with van der Waals surface area (Å²) in [7, 11) is 0. The van der Waals surface area contributed by atoms with Crippen LogP contribution < -0.4 is 10.5 Å². The lowest BCUT2D eigenvalue weighted by molar-refractivity contribution is -0.142. The zero-order chi connectivity index (χ0) is 23.4. The van der Waals surface area contributed by atoms with E-state index in [1.165, 1.54) is 18.4 Å². The minimum absolute atomic E-state index is 0.0959. The van der Waals surface area contributed by atoms with Crippen LogP contribution in [0.4, 0.5) is 8.78 Å². The summed E-state index contributed by atoms with van der Waals surface area (Å²) in [6.45, 7) is 1.97. The summed E-state index contributed by atoms with van der Waals surface area (Å²) in [6.07, 6.45) is 1.61. The van der Waals surface area contributed by atoms with Gasteiger partial charge in [-0.1, -0.05) is 18.2 Å². The predicted octanol–water partition coefficient (Wildman–Crippen LogP) is 5.52. The van der Waals surface area contributed by atoms with E-state index in [4.69, 9.17) is 19.6 Å². The van der Waals surface area contributed by atoms with Crippen LogP contribution in [0.2, 0.25) is 0 Å². The second-order valence-electron chi connectivity index (χ2n) is 7.45. The van der Waals surface area contributed by atoms with Crippen LogP contribution in [0.1, 0.15) is 23.6 Å². The quantitative estimate of drug-likeness (QED) is 0.357. The van der Waals surface area contributed by atoms with E-state index in [0.29, 0.717) is 29.1 Å². The molecule has 5 nitrogen and oxygen atoms in total. The fourth-order valence-corrected chi connectivity index (χ4v) is 3.74. The van der Waals surface area contributed by atoms with Gasteiger partial charge in [0.2, 0.25) is 0 Å². The third-order valence-electron chi connectivity index (χ3n) is 5.30. The first-order chi connectivity index (χ1) is 16.0. The van der Waals surface area contributed by atoms with Gasteiger partial charge in [0.15, 0.2) is 0 Å². The zero-order valence-electron chi connectivity index (χ0n) is 18.1. The van der Waals surface area contributed by atoms with E-state index >= 15 is 4.39 Å². The maximum atomic E-state index is 15.0. The molecule has 2 N–H and O–H groups in total. The second-order valence-corrected chi connectivity index (χ2v) is 7.45. The Labute approximate surface area is 189 Å². The SMILES string of the molecule is CCOC(=O)Cc1ccccc1OCc1cc(-c2ccc(F)c(CN)c2F)c2occc2c1. The summed E-state index contributed by atoms with van der Waals surface area (Å²) in [5.74, 6) is -1.18. The number of hydrogen-bond donors (Lipinski definition) is 1. The maximum Gasteiger partial charge on any atom is 0.310 e. The van der Waals surface area contributed by atoms with E-state index in [2.05, 4.69) is 0 Å². The Hall–Kier alpha value is -3.71. The highest BCUT2D eigenvalue weighted by Crippen LogP contribution is 2.34. The number of nitrogens with two attached hydrogens (primary N) is 1. The molecule has 1 aromatic heterocycles. The van der Waals surface area contributed by atoms with Crippen LogP contribution in [0, 0.1) is 11.6 Å². The van der Waals surface area contributed by atoms with E-state index < -0.39 is 11.6 Å². The Kier molecular flexibility index (Phi) is 6.70. The molecule has 0 saturated carbocycles. The number of hydrogen-bond acceptors (Lipinski definition) is 5. The van der Waals surface area contributed by atoms with Crippen molar-refractivity contribution in [2.75, 3.05) is 6.61 Å². The van der Waals surface area contributed by atoms with Gasteiger partial charge in [0.05, 0.1) is 19.3 Å². The average molecular weight is 451 g/mol. The van der Waals surface area contributed by atoms with Gasteiger partial charge in [0.1, 0.15) is 29.6 Å². The van der Waals surface area contributed by atoms with Crippen molar-refractivity contribution in [3.63, 3.8) is 0 Å². The number of ether oxygens (including phenoxy) is 2. The average Bonchev–Trinajstić information content (AvgIpc) is 3.27. The Morgan fingerprint density at radius 2 is 1.88 bits per heavy atom. The summed E-state index contributed by atoms with van der Waals surface area (Å²) >= 11 is 0. The standard InChI is InChI=1S/C26H23F2NO4/c1-2-31-24(30)13-17-5-3-4-6-23(17)33-15-16-11-18-9-10-32-26(18)20(12-16)19-7-8-22(27)21(14-29)25(19)28/h3-12H,2,13-15,29H2,1H3. The molecule has 0 unspecified atom stereocenters. The monoisotopic (exact) mass is 451 g/mol. The van der Waals surface area contributed by atoms with Crippen molar-refractivity contribution in [3.05, 3.63) is 89.2 Å². The molecule has 0 radical (unpaired) electrons. The normalized spacial score (nSPS) is 11.0. The highest BCUT2D eigenvalue weighted by Gasteiger charge is 2.18. The number of rotatable bonds is 8. The van der Waals surface area contributed by atoms with Crippen LogP contribution in [0.15, 0.2) is 65.3 Å². The summed E-state index contributed by atoms with van der Waals surface area (Å²) in [6, 6.07) is 15.2. The van der Waals surface area contributed by atoms with Gasteiger partial charge in [-0.25, -0.2) is 8.78 Å². The smallest absolute Gasteiger partial charge is 0.310 e. The van der Waals surface area contributed by atoms with Gasteiger partial charge in [-0.2, -0.15) is 0 Å². The minimum atomic E-state index is -0.715. The van der Waals surface area contributed by atoms with Gasteiger partial charge in [-0.3, -0.25) is 4.79 Å². The third kappa shape index (κ3) is 4.73. The van der Waals surface area contributed by atoms with Gasteiger partial charge in [-0.05, 0) is 48.9 Å². The molecule has 4 aromatic rings. The minimum Gasteiger partial charge on any atom is -0.489 e. The highest BCUT2D eigenvalue weighted by molar-refractivity contribution is 5.93. The second kappa shape index (κ2) is 9.83. The van der Waals surface area contributed by atoms with Crippen molar-refractivity contribution in [3.8, 4) is 16.9 Å². The summed E-state index contributed by atoms with van der Waals surface area (Å²) in [5, 5.41) is 0.754. The molecule has 0 aliphatic rings. The zero-order valence-corrected chi connectivity index (χ0v) is 18.1. The summed E-state index contributed by atoms with van der Waals surface area (Å²) in [4.78, 5) is 11.9. The molecular formula is C26H23F2NO4. The van der Waals surface area contributed by atoms with Crippen molar-refractivity contribution < 1.29 is 27.5 Å². The molecule has 0 aliphatic heterocycles. The Morgan fingerprint density at radius 1 is 1.06 bits per heavy atom. The fourth-order valence-electron chi connectivity index (χ4n) is 3.74. The molecule has 1 heterocycles. The first-order valence-electron chi connectivity index (χ1n) is 10.6. The van der Waals surface area contributed by atoms with E-state index in [1.54, 1.807) is 31.2 Å². The molecule has 3 aromatic carbocycles. The number of esters is 1. The Bertz CT molecular complexity index is 1300. The topological polar surface area (TPSA) is 74.7 Å². The number of carbonyl (C=O) groups is 1. The molecule has 0 aliphatic carbocycles. The number of benzene rings is 3. The van der Waals surface area contributed by atoms with Gasteiger partial charge in [-0.15, -0.1) is 0 Å². The summed E-state index contributed by atoms with van der Waals surface area (Å²) < 4.78 is 45.6. The fraction of sp³-hybridized carbons (Fsp3) is 0.192. The first-order valence-corrected chi connectivity index (χ1v) is 10.6. The van der Waals surface area contributed by atoms with E-state index in [0.717, 1.165) is 10.9 Å². The van der Waals surface area contributed by atoms with Gasteiger partial charge >= 0.3 is 5.97 Å². The van der Waals surface area contributed by atoms with Crippen LogP contribution in [0.25, 0.3) is 22.1 Å². The maximum absolute atomic E-state index is 15.0. The predicted molar refractivity (Wildman–Crippen MR) is 121 cm³/mol.